The van der Waals surface area contributed by atoms with E-state index in [1.165, 1.54) is 18.5 Å². The van der Waals surface area contributed by atoms with Gasteiger partial charge in [0.25, 0.3) is 5.91 Å². The molecule has 2 aromatic carbocycles. The summed E-state index contributed by atoms with van der Waals surface area (Å²) in [5, 5.41) is 2.99. The summed E-state index contributed by atoms with van der Waals surface area (Å²) in [5.41, 5.74) is 2.35. The third-order valence-electron chi connectivity index (χ3n) is 5.22. The fourth-order valence-electron chi connectivity index (χ4n) is 3.59. The van der Waals surface area contributed by atoms with Crippen molar-refractivity contribution in [3.05, 3.63) is 54.1 Å². The number of ether oxygens (including phenoxy) is 2. The van der Waals surface area contributed by atoms with Gasteiger partial charge < -0.3 is 19.7 Å². The molecule has 2 atom stereocenters. The number of nitrogens with one attached hydrogen (secondary N) is 1. The molecule has 0 spiro atoms. The molecule has 5 nitrogen and oxygen atoms in total. The van der Waals surface area contributed by atoms with Crippen LogP contribution in [0.2, 0.25) is 0 Å². The summed E-state index contributed by atoms with van der Waals surface area (Å²) >= 11 is 0. The number of carbonyl (C=O) groups excluding carboxylic acids is 1. The Morgan fingerprint density at radius 1 is 1.14 bits per heavy atom. The van der Waals surface area contributed by atoms with Crippen LogP contribution < -0.4 is 19.7 Å². The minimum absolute atomic E-state index is 0.0135. The van der Waals surface area contributed by atoms with Gasteiger partial charge in [0.1, 0.15) is 11.5 Å². The molecule has 2 unspecified atom stereocenters. The van der Waals surface area contributed by atoms with E-state index >= 15 is 0 Å². The van der Waals surface area contributed by atoms with E-state index in [4.69, 9.17) is 9.47 Å². The molecule has 1 heterocycles. The van der Waals surface area contributed by atoms with Gasteiger partial charge in [-0.25, -0.2) is 0 Å². The summed E-state index contributed by atoms with van der Waals surface area (Å²) in [6, 6.07) is 15.6. The molecule has 0 aliphatic carbocycles. The highest BCUT2D eigenvalue weighted by molar-refractivity contribution is 5.78. The number of anilines is 1. The van der Waals surface area contributed by atoms with E-state index in [-0.39, 0.29) is 18.6 Å². The summed E-state index contributed by atoms with van der Waals surface area (Å²) in [6.07, 6.45) is 2.57. The average Bonchev–Trinajstić information content (AvgIpc) is 2.72. The molecule has 1 aliphatic heterocycles. The van der Waals surface area contributed by atoms with Crippen LogP contribution in [-0.4, -0.2) is 32.7 Å². The van der Waals surface area contributed by atoms with Crippen LogP contribution >= 0.6 is 0 Å². The van der Waals surface area contributed by atoms with Crippen molar-refractivity contribution in [2.24, 2.45) is 5.92 Å². The lowest BCUT2D eigenvalue weighted by atomic mass is 9.99. The second-order valence-electron chi connectivity index (χ2n) is 7.54. The molecule has 28 heavy (non-hydrogen) atoms. The molecule has 1 aliphatic rings. The second-order valence-corrected chi connectivity index (χ2v) is 7.54. The van der Waals surface area contributed by atoms with Crippen molar-refractivity contribution in [1.82, 2.24) is 5.32 Å². The smallest absolute Gasteiger partial charge is 0.258 e. The summed E-state index contributed by atoms with van der Waals surface area (Å²) < 4.78 is 10.6. The average molecular weight is 383 g/mol. The molecule has 1 saturated heterocycles. The van der Waals surface area contributed by atoms with Crippen LogP contribution in [0.5, 0.6) is 11.5 Å². The van der Waals surface area contributed by atoms with Gasteiger partial charge in [0.2, 0.25) is 0 Å². The summed E-state index contributed by atoms with van der Waals surface area (Å²) in [5.74, 6) is 2.01. The molecule has 150 valence electrons. The zero-order valence-corrected chi connectivity index (χ0v) is 17.0. The van der Waals surface area contributed by atoms with Crippen molar-refractivity contribution < 1.29 is 14.3 Å². The van der Waals surface area contributed by atoms with Crippen molar-refractivity contribution in [2.75, 3.05) is 31.7 Å². The van der Waals surface area contributed by atoms with Crippen molar-refractivity contribution >= 4 is 11.6 Å². The molecule has 2 aromatic rings. The third-order valence-corrected chi connectivity index (χ3v) is 5.22. The molecule has 1 fully saturated rings. The highest BCUT2D eigenvalue weighted by Gasteiger charge is 2.17. The van der Waals surface area contributed by atoms with Crippen LogP contribution in [0.4, 0.5) is 5.69 Å². The second kappa shape index (κ2) is 9.49. The monoisotopic (exact) mass is 382 g/mol. The Morgan fingerprint density at radius 3 is 2.46 bits per heavy atom. The first-order chi connectivity index (χ1) is 13.5. The zero-order valence-electron chi connectivity index (χ0n) is 17.0. The van der Waals surface area contributed by atoms with Crippen molar-refractivity contribution in [3.8, 4) is 11.5 Å². The summed E-state index contributed by atoms with van der Waals surface area (Å²) in [4.78, 5) is 14.7. The standard InChI is InChI=1S/C23H30N2O3/c1-17-5-4-14-25(15-17)20-8-6-19(7-9-20)18(2)24-23(26)16-28-22-12-10-21(27-3)11-13-22/h6-13,17-18H,4-5,14-16H2,1-3H3,(H,24,26). The van der Waals surface area contributed by atoms with Crippen LogP contribution in [0.25, 0.3) is 0 Å². The van der Waals surface area contributed by atoms with Crippen LogP contribution in [0, 0.1) is 5.92 Å². The molecular weight excluding hydrogens is 352 g/mol. The van der Waals surface area contributed by atoms with E-state index in [1.54, 1.807) is 31.4 Å². The van der Waals surface area contributed by atoms with Crippen LogP contribution in [0.15, 0.2) is 48.5 Å². The topological polar surface area (TPSA) is 50.8 Å². The summed E-state index contributed by atoms with van der Waals surface area (Å²) in [6.45, 7) is 6.53. The highest BCUT2D eigenvalue weighted by atomic mass is 16.5. The Balaban J connectivity index is 1.49. The number of benzene rings is 2. The van der Waals surface area contributed by atoms with E-state index in [9.17, 15) is 4.79 Å². The number of amides is 1. The van der Waals surface area contributed by atoms with Gasteiger partial charge in [-0.05, 0) is 67.6 Å². The Bertz CT molecular complexity index is 758. The molecule has 3 rings (SSSR count). The van der Waals surface area contributed by atoms with Gasteiger partial charge in [0.15, 0.2) is 6.61 Å². The predicted octanol–water partition coefficient (Wildman–Crippen LogP) is 4.19. The maximum Gasteiger partial charge on any atom is 0.258 e. The van der Waals surface area contributed by atoms with Crippen LogP contribution in [0.1, 0.15) is 38.3 Å². The highest BCUT2D eigenvalue weighted by Crippen LogP contribution is 2.24. The van der Waals surface area contributed by atoms with Crippen LogP contribution in [0.3, 0.4) is 0 Å². The first kappa shape index (κ1) is 20.1. The lowest BCUT2D eigenvalue weighted by Gasteiger charge is -2.33. The van der Waals surface area contributed by atoms with Gasteiger partial charge in [-0.15, -0.1) is 0 Å². The fraction of sp³-hybridized carbons (Fsp3) is 0.435. The maximum atomic E-state index is 12.2. The van der Waals surface area contributed by atoms with Crippen LogP contribution in [-0.2, 0) is 4.79 Å². The molecule has 0 bridgehead atoms. The van der Waals surface area contributed by atoms with Gasteiger partial charge in [-0.1, -0.05) is 19.1 Å². The van der Waals surface area contributed by atoms with E-state index in [1.807, 2.05) is 6.92 Å². The van der Waals surface area contributed by atoms with Gasteiger partial charge in [0, 0.05) is 18.8 Å². The van der Waals surface area contributed by atoms with Gasteiger partial charge in [-0.3, -0.25) is 4.79 Å². The first-order valence-electron chi connectivity index (χ1n) is 9.96. The molecule has 1 amide bonds. The minimum Gasteiger partial charge on any atom is -0.497 e. The molecule has 5 heteroatoms. The van der Waals surface area contributed by atoms with E-state index in [0.29, 0.717) is 5.75 Å². The largest absolute Gasteiger partial charge is 0.497 e. The Kier molecular flexibility index (Phi) is 6.80. The first-order valence-corrected chi connectivity index (χ1v) is 9.96. The lowest BCUT2D eigenvalue weighted by molar-refractivity contribution is -0.123. The molecular formula is C23H30N2O3. The molecule has 0 saturated carbocycles. The Hall–Kier alpha value is -2.69. The number of hydrogen-bond donors (Lipinski definition) is 1. The van der Waals surface area contributed by atoms with E-state index < -0.39 is 0 Å². The number of hydrogen-bond acceptors (Lipinski definition) is 4. The quantitative estimate of drug-likeness (QED) is 0.780. The van der Waals surface area contributed by atoms with E-state index in [2.05, 4.69) is 41.4 Å². The number of carbonyl (C=O) groups is 1. The molecule has 0 radical (unpaired) electrons. The number of methoxy groups -OCH3 is 1. The number of rotatable bonds is 7. The predicted molar refractivity (Wildman–Crippen MR) is 112 cm³/mol. The van der Waals surface area contributed by atoms with Crippen molar-refractivity contribution in [2.45, 2.75) is 32.7 Å². The van der Waals surface area contributed by atoms with Gasteiger partial charge in [0.05, 0.1) is 13.2 Å². The number of piperidine rings is 1. The minimum atomic E-state index is -0.141. The number of nitrogens with zero attached hydrogens (tertiary/aromatic N) is 1. The lowest BCUT2D eigenvalue weighted by Crippen LogP contribution is -2.34. The van der Waals surface area contributed by atoms with Gasteiger partial charge >= 0.3 is 0 Å². The zero-order chi connectivity index (χ0) is 19.9. The summed E-state index contributed by atoms with van der Waals surface area (Å²) in [7, 11) is 1.62. The maximum absolute atomic E-state index is 12.2. The van der Waals surface area contributed by atoms with Crippen molar-refractivity contribution in [1.29, 1.82) is 0 Å². The van der Waals surface area contributed by atoms with Crippen molar-refractivity contribution in [3.63, 3.8) is 0 Å². The molecule has 0 aromatic heterocycles. The fourth-order valence-corrected chi connectivity index (χ4v) is 3.59. The Labute approximate surface area is 167 Å². The van der Waals surface area contributed by atoms with Gasteiger partial charge in [-0.2, -0.15) is 0 Å². The normalized spacial score (nSPS) is 17.7. The van der Waals surface area contributed by atoms with E-state index in [0.717, 1.165) is 30.3 Å². The SMILES string of the molecule is COc1ccc(OCC(=O)NC(C)c2ccc(N3CCCC(C)C3)cc2)cc1. The third kappa shape index (κ3) is 5.41. The molecule has 1 N–H and O–H groups in total. The Morgan fingerprint density at radius 2 is 1.82 bits per heavy atom.